The minimum atomic E-state index is 0.143. The molecule has 0 aromatic carbocycles. The average Bonchev–Trinajstić information content (AvgIpc) is 2.88. The molecule has 1 aromatic rings. The molecule has 0 aliphatic heterocycles. The molecule has 0 spiro atoms. The molecule has 1 amide bonds. The molecule has 4 heteroatoms. The first-order valence-electron chi connectivity index (χ1n) is 5.15. The molecule has 2 rings (SSSR count). The number of rotatable bonds is 3. The Morgan fingerprint density at radius 1 is 1.60 bits per heavy atom. The molecule has 1 aromatic heterocycles. The first-order valence-corrected chi connectivity index (χ1v) is 5.15. The van der Waals surface area contributed by atoms with Crippen LogP contribution in [0.4, 0.5) is 0 Å². The molecule has 0 radical (unpaired) electrons. The Morgan fingerprint density at radius 3 is 2.93 bits per heavy atom. The van der Waals surface area contributed by atoms with Gasteiger partial charge in [0.05, 0.1) is 6.54 Å². The SMILES string of the molecule is CN(Cc1ncc[nH]1)C(=O)C1CC=CC1. The van der Waals surface area contributed by atoms with Crippen molar-refractivity contribution in [3.8, 4) is 0 Å². The zero-order valence-electron chi connectivity index (χ0n) is 8.81. The monoisotopic (exact) mass is 205 g/mol. The standard InChI is InChI=1S/C11H15N3O/c1-14(8-10-12-6-7-13-10)11(15)9-4-2-3-5-9/h2-3,6-7,9H,4-5,8H2,1H3,(H,12,13). The third-order valence-electron chi connectivity index (χ3n) is 2.68. The summed E-state index contributed by atoms with van der Waals surface area (Å²) in [4.78, 5) is 20.7. The normalized spacial score (nSPS) is 15.8. The Morgan fingerprint density at radius 2 is 2.33 bits per heavy atom. The number of hydrogen-bond donors (Lipinski definition) is 1. The summed E-state index contributed by atoms with van der Waals surface area (Å²) in [7, 11) is 1.82. The number of carbonyl (C=O) groups excluding carboxylic acids is 1. The Bertz CT molecular complexity index is 348. The summed E-state index contributed by atoms with van der Waals surface area (Å²) < 4.78 is 0. The Hall–Kier alpha value is -1.58. The van der Waals surface area contributed by atoms with Crippen molar-refractivity contribution < 1.29 is 4.79 Å². The van der Waals surface area contributed by atoms with Gasteiger partial charge in [0, 0.05) is 25.4 Å². The number of hydrogen-bond acceptors (Lipinski definition) is 2. The number of H-pyrrole nitrogens is 1. The molecule has 0 bridgehead atoms. The molecule has 0 atom stereocenters. The maximum atomic E-state index is 11.9. The molecule has 0 unspecified atom stereocenters. The van der Waals surface area contributed by atoms with Crippen LogP contribution in [0, 0.1) is 5.92 Å². The summed E-state index contributed by atoms with van der Waals surface area (Å²) in [6, 6.07) is 0. The van der Waals surface area contributed by atoms with E-state index in [1.54, 1.807) is 17.3 Å². The van der Waals surface area contributed by atoms with Crippen LogP contribution in [0.5, 0.6) is 0 Å². The summed E-state index contributed by atoms with van der Waals surface area (Å²) in [5.41, 5.74) is 0. The second kappa shape index (κ2) is 4.29. The van der Waals surface area contributed by atoms with E-state index >= 15 is 0 Å². The highest BCUT2D eigenvalue weighted by Gasteiger charge is 2.22. The van der Waals surface area contributed by atoms with E-state index in [0.717, 1.165) is 18.7 Å². The maximum Gasteiger partial charge on any atom is 0.226 e. The summed E-state index contributed by atoms with van der Waals surface area (Å²) >= 11 is 0. The molecular weight excluding hydrogens is 190 g/mol. The van der Waals surface area contributed by atoms with Crippen molar-refractivity contribution in [3.05, 3.63) is 30.4 Å². The van der Waals surface area contributed by atoms with Gasteiger partial charge in [-0.05, 0) is 12.8 Å². The van der Waals surface area contributed by atoms with Crippen molar-refractivity contribution in [2.75, 3.05) is 7.05 Å². The molecule has 1 heterocycles. The van der Waals surface area contributed by atoms with E-state index in [1.165, 1.54) is 0 Å². The number of imidazole rings is 1. The lowest BCUT2D eigenvalue weighted by Gasteiger charge is -2.19. The van der Waals surface area contributed by atoms with Crippen LogP contribution in [-0.4, -0.2) is 27.8 Å². The smallest absolute Gasteiger partial charge is 0.226 e. The third kappa shape index (κ3) is 2.26. The van der Waals surface area contributed by atoms with Crippen LogP contribution >= 0.6 is 0 Å². The average molecular weight is 205 g/mol. The number of allylic oxidation sites excluding steroid dienone is 2. The van der Waals surface area contributed by atoms with Gasteiger partial charge >= 0.3 is 0 Å². The summed E-state index contributed by atoms with van der Waals surface area (Å²) in [6.45, 7) is 0.558. The Labute approximate surface area is 89.0 Å². The Kier molecular flexibility index (Phi) is 2.85. The quantitative estimate of drug-likeness (QED) is 0.757. The fraction of sp³-hybridized carbons (Fsp3) is 0.455. The van der Waals surface area contributed by atoms with Crippen molar-refractivity contribution in [1.29, 1.82) is 0 Å². The van der Waals surface area contributed by atoms with E-state index in [1.807, 2.05) is 7.05 Å². The predicted octanol–water partition coefficient (Wildman–Crippen LogP) is 1.33. The van der Waals surface area contributed by atoms with Gasteiger partial charge in [-0.3, -0.25) is 4.79 Å². The lowest BCUT2D eigenvalue weighted by Crippen LogP contribution is -2.31. The second-order valence-corrected chi connectivity index (χ2v) is 3.87. The van der Waals surface area contributed by atoms with E-state index < -0.39 is 0 Å². The minimum absolute atomic E-state index is 0.143. The molecule has 0 saturated carbocycles. The van der Waals surface area contributed by atoms with Gasteiger partial charge in [0.15, 0.2) is 0 Å². The van der Waals surface area contributed by atoms with Gasteiger partial charge in [0.1, 0.15) is 5.82 Å². The van der Waals surface area contributed by atoms with Gasteiger partial charge in [0.25, 0.3) is 0 Å². The highest BCUT2D eigenvalue weighted by Crippen LogP contribution is 2.20. The van der Waals surface area contributed by atoms with Crippen LogP contribution in [0.15, 0.2) is 24.5 Å². The molecule has 0 fully saturated rings. The van der Waals surface area contributed by atoms with Crippen LogP contribution in [0.1, 0.15) is 18.7 Å². The van der Waals surface area contributed by atoms with Crippen LogP contribution in [0.2, 0.25) is 0 Å². The number of nitrogens with one attached hydrogen (secondary N) is 1. The number of aromatic nitrogens is 2. The van der Waals surface area contributed by atoms with Gasteiger partial charge in [-0.25, -0.2) is 4.98 Å². The zero-order chi connectivity index (χ0) is 10.7. The molecule has 1 aliphatic rings. The highest BCUT2D eigenvalue weighted by molar-refractivity contribution is 5.79. The van der Waals surface area contributed by atoms with E-state index in [2.05, 4.69) is 22.1 Å². The third-order valence-corrected chi connectivity index (χ3v) is 2.68. The largest absolute Gasteiger partial charge is 0.347 e. The zero-order valence-corrected chi connectivity index (χ0v) is 8.81. The molecule has 1 aliphatic carbocycles. The second-order valence-electron chi connectivity index (χ2n) is 3.87. The summed E-state index contributed by atoms with van der Waals surface area (Å²) in [5.74, 6) is 1.18. The molecule has 1 N–H and O–H groups in total. The maximum absolute atomic E-state index is 11.9. The van der Waals surface area contributed by atoms with Crippen molar-refractivity contribution in [2.45, 2.75) is 19.4 Å². The van der Waals surface area contributed by atoms with Gasteiger partial charge in [0.2, 0.25) is 5.91 Å². The molecule has 80 valence electrons. The first-order chi connectivity index (χ1) is 7.27. The van der Waals surface area contributed by atoms with Gasteiger partial charge in [-0.2, -0.15) is 0 Å². The summed E-state index contributed by atoms with van der Waals surface area (Å²) in [6.07, 6.45) is 9.37. The lowest BCUT2D eigenvalue weighted by atomic mass is 10.1. The van der Waals surface area contributed by atoms with E-state index in [-0.39, 0.29) is 11.8 Å². The predicted molar refractivity (Wildman–Crippen MR) is 56.9 cm³/mol. The van der Waals surface area contributed by atoms with Crippen molar-refractivity contribution >= 4 is 5.91 Å². The van der Waals surface area contributed by atoms with Gasteiger partial charge in [-0.1, -0.05) is 12.2 Å². The van der Waals surface area contributed by atoms with Crippen LogP contribution in [0.25, 0.3) is 0 Å². The molecule has 15 heavy (non-hydrogen) atoms. The van der Waals surface area contributed by atoms with Crippen LogP contribution in [-0.2, 0) is 11.3 Å². The van der Waals surface area contributed by atoms with Crippen molar-refractivity contribution in [2.24, 2.45) is 5.92 Å². The number of aromatic amines is 1. The van der Waals surface area contributed by atoms with E-state index in [9.17, 15) is 4.79 Å². The van der Waals surface area contributed by atoms with Crippen LogP contribution < -0.4 is 0 Å². The summed E-state index contributed by atoms with van der Waals surface area (Å²) in [5, 5.41) is 0. The van der Waals surface area contributed by atoms with Crippen molar-refractivity contribution in [1.82, 2.24) is 14.9 Å². The number of nitrogens with zero attached hydrogens (tertiary/aromatic N) is 2. The Balaban J connectivity index is 1.90. The topological polar surface area (TPSA) is 49.0 Å². The van der Waals surface area contributed by atoms with Crippen molar-refractivity contribution in [3.63, 3.8) is 0 Å². The number of amides is 1. The highest BCUT2D eigenvalue weighted by atomic mass is 16.2. The van der Waals surface area contributed by atoms with Crippen LogP contribution in [0.3, 0.4) is 0 Å². The molecule has 4 nitrogen and oxygen atoms in total. The van der Waals surface area contributed by atoms with Gasteiger partial charge < -0.3 is 9.88 Å². The molecule has 0 saturated heterocycles. The first kappa shape index (κ1) is 9.96. The molecular formula is C11H15N3O. The number of carbonyl (C=O) groups is 1. The van der Waals surface area contributed by atoms with Gasteiger partial charge in [-0.15, -0.1) is 0 Å². The van der Waals surface area contributed by atoms with E-state index in [0.29, 0.717) is 6.54 Å². The minimum Gasteiger partial charge on any atom is -0.347 e. The fourth-order valence-electron chi connectivity index (χ4n) is 1.82. The van der Waals surface area contributed by atoms with E-state index in [4.69, 9.17) is 0 Å². The fourth-order valence-corrected chi connectivity index (χ4v) is 1.82. The lowest BCUT2D eigenvalue weighted by molar-refractivity contribution is -0.134.